The maximum Gasteiger partial charge on any atom is 0.290 e. The first-order valence-electron chi connectivity index (χ1n) is 6.74. The highest BCUT2D eigenvalue weighted by molar-refractivity contribution is 6.31. The number of halogens is 1. The Bertz CT molecular complexity index is 966. The van der Waals surface area contributed by atoms with Crippen LogP contribution >= 0.6 is 11.6 Å². The van der Waals surface area contributed by atoms with Gasteiger partial charge in [-0.05, 0) is 32.0 Å². The van der Waals surface area contributed by atoms with Gasteiger partial charge in [0.15, 0.2) is 0 Å². The van der Waals surface area contributed by atoms with Crippen LogP contribution in [0.2, 0.25) is 5.02 Å². The van der Waals surface area contributed by atoms with Gasteiger partial charge in [-0.25, -0.2) is 14.6 Å². The standard InChI is InChI=1S/C15H12ClN5O2/c1-8-6-18-13(7-17-8)14(22)20-21-9(2)19-12-5-10(16)3-4-11(12)15(21)23/h3-7H,1-2H3,(H,20,22). The second kappa shape index (κ2) is 5.77. The van der Waals surface area contributed by atoms with Gasteiger partial charge >= 0.3 is 0 Å². The predicted octanol–water partition coefficient (Wildman–Crippen LogP) is 1.84. The normalized spacial score (nSPS) is 10.7. The van der Waals surface area contributed by atoms with Crippen molar-refractivity contribution in [2.24, 2.45) is 0 Å². The Morgan fingerprint density at radius 2 is 2.00 bits per heavy atom. The first-order valence-corrected chi connectivity index (χ1v) is 7.12. The number of nitrogens with one attached hydrogen (secondary N) is 1. The van der Waals surface area contributed by atoms with Gasteiger partial charge in [0.05, 0.1) is 22.8 Å². The zero-order chi connectivity index (χ0) is 16.6. The summed E-state index contributed by atoms with van der Waals surface area (Å²) in [5.41, 5.74) is 3.37. The summed E-state index contributed by atoms with van der Waals surface area (Å²) in [6.07, 6.45) is 2.82. The van der Waals surface area contributed by atoms with Crippen LogP contribution in [0.4, 0.5) is 0 Å². The molecule has 1 amide bonds. The lowest BCUT2D eigenvalue weighted by Gasteiger charge is -2.11. The average molecular weight is 330 g/mol. The maximum atomic E-state index is 12.5. The van der Waals surface area contributed by atoms with Gasteiger partial charge in [0.25, 0.3) is 11.5 Å². The Kier molecular flexibility index (Phi) is 3.79. The van der Waals surface area contributed by atoms with Crippen LogP contribution in [0.5, 0.6) is 0 Å². The van der Waals surface area contributed by atoms with Gasteiger partial charge in [-0.15, -0.1) is 0 Å². The smallest absolute Gasteiger partial charge is 0.267 e. The quantitative estimate of drug-likeness (QED) is 0.774. The van der Waals surface area contributed by atoms with Crippen molar-refractivity contribution in [2.75, 3.05) is 5.43 Å². The fourth-order valence-electron chi connectivity index (χ4n) is 2.07. The van der Waals surface area contributed by atoms with Crippen molar-refractivity contribution in [1.82, 2.24) is 19.6 Å². The lowest BCUT2D eigenvalue weighted by molar-refractivity contribution is 0.100. The SMILES string of the molecule is Cc1cnc(C(=O)Nn2c(C)nc3cc(Cl)ccc3c2=O)cn1. The predicted molar refractivity (Wildman–Crippen MR) is 86.2 cm³/mol. The van der Waals surface area contributed by atoms with E-state index < -0.39 is 11.5 Å². The number of fused-ring (bicyclic) bond motifs is 1. The largest absolute Gasteiger partial charge is 0.290 e. The second-order valence-corrected chi connectivity index (χ2v) is 5.38. The van der Waals surface area contributed by atoms with Crippen LogP contribution in [0.3, 0.4) is 0 Å². The summed E-state index contributed by atoms with van der Waals surface area (Å²) in [5, 5.41) is 0.843. The molecule has 8 heteroatoms. The van der Waals surface area contributed by atoms with E-state index in [0.717, 1.165) is 4.68 Å². The van der Waals surface area contributed by atoms with Gasteiger partial charge in [-0.2, -0.15) is 0 Å². The molecule has 2 aromatic heterocycles. The van der Waals surface area contributed by atoms with E-state index in [-0.39, 0.29) is 5.69 Å². The van der Waals surface area contributed by atoms with E-state index in [0.29, 0.717) is 27.4 Å². The molecule has 3 rings (SSSR count). The molecule has 0 aliphatic carbocycles. The fraction of sp³-hybridized carbons (Fsp3) is 0.133. The molecule has 0 fully saturated rings. The number of aromatic nitrogens is 4. The van der Waals surface area contributed by atoms with Crippen molar-refractivity contribution in [3.63, 3.8) is 0 Å². The lowest BCUT2D eigenvalue weighted by Crippen LogP contribution is -2.35. The van der Waals surface area contributed by atoms with Crippen LogP contribution in [0.15, 0.2) is 35.4 Å². The van der Waals surface area contributed by atoms with Crippen LogP contribution in [-0.4, -0.2) is 25.5 Å². The van der Waals surface area contributed by atoms with Crippen LogP contribution in [0, 0.1) is 13.8 Å². The minimum Gasteiger partial charge on any atom is -0.267 e. The molecule has 0 spiro atoms. The second-order valence-electron chi connectivity index (χ2n) is 4.94. The molecule has 7 nitrogen and oxygen atoms in total. The Balaban J connectivity index is 2.03. The van der Waals surface area contributed by atoms with Gasteiger partial charge in [0.2, 0.25) is 0 Å². The summed E-state index contributed by atoms with van der Waals surface area (Å²) in [6, 6.07) is 4.77. The molecule has 0 aliphatic heterocycles. The van der Waals surface area contributed by atoms with E-state index in [9.17, 15) is 9.59 Å². The maximum absolute atomic E-state index is 12.5. The summed E-state index contributed by atoms with van der Waals surface area (Å²) in [5.74, 6) is -0.212. The number of aryl methyl sites for hydroxylation is 2. The molecule has 0 aliphatic rings. The van der Waals surface area contributed by atoms with Crippen LogP contribution in [0.1, 0.15) is 22.0 Å². The van der Waals surface area contributed by atoms with Gasteiger partial charge < -0.3 is 0 Å². The van der Waals surface area contributed by atoms with Gasteiger partial charge in [0.1, 0.15) is 11.5 Å². The lowest BCUT2D eigenvalue weighted by atomic mass is 10.2. The van der Waals surface area contributed by atoms with Gasteiger partial charge in [-0.3, -0.25) is 20.0 Å². The molecule has 0 radical (unpaired) electrons. The number of hydrogen-bond acceptors (Lipinski definition) is 5. The third kappa shape index (κ3) is 2.91. The molecule has 116 valence electrons. The monoisotopic (exact) mass is 329 g/mol. The Labute approximate surface area is 135 Å². The van der Waals surface area contributed by atoms with E-state index in [1.807, 2.05) is 0 Å². The Morgan fingerprint density at radius 1 is 1.22 bits per heavy atom. The topological polar surface area (TPSA) is 89.8 Å². The van der Waals surface area contributed by atoms with Crippen LogP contribution < -0.4 is 11.0 Å². The number of hydrogen-bond donors (Lipinski definition) is 1. The summed E-state index contributed by atoms with van der Waals surface area (Å²) >= 11 is 5.91. The van der Waals surface area contributed by atoms with Crippen molar-refractivity contribution < 1.29 is 4.79 Å². The van der Waals surface area contributed by atoms with Crippen molar-refractivity contribution >= 4 is 28.4 Å². The molecule has 0 unspecified atom stereocenters. The highest BCUT2D eigenvalue weighted by Gasteiger charge is 2.13. The molecule has 0 atom stereocenters. The fourth-order valence-corrected chi connectivity index (χ4v) is 2.24. The van der Waals surface area contributed by atoms with E-state index in [2.05, 4.69) is 20.4 Å². The van der Waals surface area contributed by atoms with Crippen molar-refractivity contribution in [3.8, 4) is 0 Å². The molecule has 0 saturated heterocycles. The van der Waals surface area contributed by atoms with Crippen LogP contribution in [-0.2, 0) is 0 Å². The molecule has 2 heterocycles. The average Bonchev–Trinajstić information content (AvgIpc) is 2.51. The van der Waals surface area contributed by atoms with Gasteiger partial charge in [0, 0.05) is 11.2 Å². The number of amides is 1. The number of benzene rings is 1. The summed E-state index contributed by atoms with van der Waals surface area (Å²) in [7, 11) is 0. The summed E-state index contributed by atoms with van der Waals surface area (Å²) < 4.78 is 1.08. The van der Waals surface area contributed by atoms with E-state index in [1.54, 1.807) is 32.0 Å². The molecule has 0 bridgehead atoms. The number of carbonyl (C=O) groups excluding carboxylic acids is 1. The molecular weight excluding hydrogens is 318 g/mol. The third-order valence-electron chi connectivity index (χ3n) is 3.23. The number of nitrogens with zero attached hydrogens (tertiary/aromatic N) is 4. The number of rotatable bonds is 2. The molecule has 0 saturated carbocycles. The first-order chi connectivity index (χ1) is 11.0. The van der Waals surface area contributed by atoms with Gasteiger partial charge in [-0.1, -0.05) is 11.6 Å². The summed E-state index contributed by atoms with van der Waals surface area (Å²) in [4.78, 5) is 37.0. The zero-order valence-electron chi connectivity index (χ0n) is 12.4. The minimum absolute atomic E-state index is 0.109. The summed E-state index contributed by atoms with van der Waals surface area (Å²) in [6.45, 7) is 3.38. The molecule has 23 heavy (non-hydrogen) atoms. The molecule has 1 N–H and O–H groups in total. The van der Waals surface area contributed by atoms with Crippen molar-refractivity contribution in [3.05, 3.63) is 63.2 Å². The minimum atomic E-state index is -0.544. The zero-order valence-corrected chi connectivity index (χ0v) is 13.1. The Morgan fingerprint density at radius 3 is 2.70 bits per heavy atom. The van der Waals surface area contributed by atoms with Crippen molar-refractivity contribution in [1.29, 1.82) is 0 Å². The van der Waals surface area contributed by atoms with E-state index in [1.165, 1.54) is 12.4 Å². The van der Waals surface area contributed by atoms with Crippen molar-refractivity contribution in [2.45, 2.75) is 13.8 Å². The molecular formula is C15H12ClN5O2. The highest BCUT2D eigenvalue weighted by atomic mass is 35.5. The Hall–Kier alpha value is -2.80. The molecule has 1 aromatic carbocycles. The van der Waals surface area contributed by atoms with Crippen LogP contribution in [0.25, 0.3) is 10.9 Å². The third-order valence-corrected chi connectivity index (χ3v) is 3.46. The number of carbonyl (C=O) groups is 1. The first kappa shape index (κ1) is 15.1. The van der Waals surface area contributed by atoms with E-state index in [4.69, 9.17) is 11.6 Å². The molecule has 3 aromatic rings. The van der Waals surface area contributed by atoms with E-state index >= 15 is 0 Å². The highest BCUT2D eigenvalue weighted by Crippen LogP contribution is 2.15.